The van der Waals surface area contributed by atoms with Crippen molar-refractivity contribution < 1.29 is 4.74 Å². The molecule has 1 heterocycles. The molecule has 0 bridgehead atoms. The largest absolute Gasteiger partial charge is 0.377 e. The molecule has 3 nitrogen and oxygen atoms in total. The van der Waals surface area contributed by atoms with Crippen LogP contribution in [0.5, 0.6) is 0 Å². The van der Waals surface area contributed by atoms with Crippen LogP contribution in [0.15, 0.2) is 0 Å². The Morgan fingerprint density at radius 1 is 1.44 bits per heavy atom. The molecule has 1 saturated heterocycles. The Morgan fingerprint density at radius 2 is 2.33 bits per heavy atom. The first-order valence-electron chi connectivity index (χ1n) is 7.17. The Labute approximate surface area is 115 Å². The normalized spacial score (nSPS) is 36.4. The van der Waals surface area contributed by atoms with E-state index in [0.29, 0.717) is 11.4 Å². The van der Waals surface area contributed by atoms with Crippen molar-refractivity contribution in [3.8, 4) is 6.07 Å². The van der Waals surface area contributed by atoms with Gasteiger partial charge in [-0.15, -0.1) is 0 Å². The fourth-order valence-corrected chi connectivity index (χ4v) is 4.51. The quantitative estimate of drug-likeness (QED) is 0.832. The average molecular weight is 268 g/mol. The Hall–Kier alpha value is -0.240. The van der Waals surface area contributed by atoms with E-state index in [-0.39, 0.29) is 5.54 Å². The first kappa shape index (κ1) is 14.2. The van der Waals surface area contributed by atoms with Gasteiger partial charge in [-0.2, -0.15) is 17.0 Å². The van der Waals surface area contributed by atoms with E-state index in [0.717, 1.165) is 31.7 Å². The van der Waals surface area contributed by atoms with Crippen LogP contribution in [-0.2, 0) is 4.74 Å². The summed E-state index contributed by atoms with van der Waals surface area (Å²) < 4.78 is 5.67. The Kier molecular flexibility index (Phi) is 5.35. The second kappa shape index (κ2) is 6.79. The maximum atomic E-state index is 9.42. The molecule has 0 aromatic rings. The Morgan fingerprint density at radius 3 is 3.00 bits per heavy atom. The van der Waals surface area contributed by atoms with Crippen LogP contribution in [0, 0.1) is 11.3 Å². The van der Waals surface area contributed by atoms with Gasteiger partial charge in [-0.3, -0.25) is 5.32 Å². The summed E-state index contributed by atoms with van der Waals surface area (Å²) in [6.45, 7) is 3.91. The van der Waals surface area contributed by atoms with Crippen molar-refractivity contribution in [2.45, 2.75) is 62.3 Å². The van der Waals surface area contributed by atoms with Gasteiger partial charge in [0.25, 0.3) is 0 Å². The molecular formula is C14H24N2OS. The SMILES string of the molecule is CCNC1(C#N)CCCC(SCC2CCCO2)C1. The van der Waals surface area contributed by atoms with Crippen LogP contribution in [-0.4, -0.2) is 35.8 Å². The molecule has 1 aliphatic carbocycles. The number of nitrogens with one attached hydrogen (secondary N) is 1. The molecule has 2 aliphatic rings. The van der Waals surface area contributed by atoms with Gasteiger partial charge < -0.3 is 4.74 Å². The van der Waals surface area contributed by atoms with Crippen molar-refractivity contribution in [1.29, 1.82) is 5.26 Å². The minimum absolute atomic E-state index is 0.263. The summed E-state index contributed by atoms with van der Waals surface area (Å²) in [6, 6.07) is 2.52. The fraction of sp³-hybridized carbons (Fsp3) is 0.929. The van der Waals surface area contributed by atoms with Crippen molar-refractivity contribution in [2.75, 3.05) is 18.9 Å². The monoisotopic (exact) mass is 268 g/mol. The molecule has 2 rings (SSSR count). The highest BCUT2D eigenvalue weighted by atomic mass is 32.2. The lowest BCUT2D eigenvalue weighted by molar-refractivity contribution is 0.128. The maximum Gasteiger partial charge on any atom is 0.107 e. The van der Waals surface area contributed by atoms with E-state index < -0.39 is 0 Å². The number of hydrogen-bond donors (Lipinski definition) is 1. The topological polar surface area (TPSA) is 45.0 Å². The smallest absolute Gasteiger partial charge is 0.107 e. The molecule has 0 radical (unpaired) electrons. The lowest BCUT2D eigenvalue weighted by atomic mass is 9.82. The molecule has 1 N–H and O–H groups in total. The van der Waals surface area contributed by atoms with Crippen molar-refractivity contribution in [3.05, 3.63) is 0 Å². The molecule has 102 valence electrons. The molecule has 4 heteroatoms. The molecule has 0 spiro atoms. The van der Waals surface area contributed by atoms with Gasteiger partial charge in [-0.05, 0) is 45.1 Å². The number of hydrogen-bond acceptors (Lipinski definition) is 4. The van der Waals surface area contributed by atoms with Gasteiger partial charge in [0.2, 0.25) is 0 Å². The van der Waals surface area contributed by atoms with E-state index in [4.69, 9.17) is 4.74 Å². The maximum absolute atomic E-state index is 9.42. The van der Waals surface area contributed by atoms with Gasteiger partial charge in [0.05, 0.1) is 12.2 Å². The van der Waals surface area contributed by atoms with E-state index >= 15 is 0 Å². The van der Waals surface area contributed by atoms with Gasteiger partial charge in [0.1, 0.15) is 5.54 Å². The zero-order valence-corrected chi connectivity index (χ0v) is 12.1. The third-order valence-corrected chi connectivity index (χ3v) is 5.41. The highest BCUT2D eigenvalue weighted by Gasteiger charge is 2.36. The third-order valence-electron chi connectivity index (χ3n) is 3.98. The zero-order chi connectivity index (χ0) is 12.8. The molecule has 3 unspecified atom stereocenters. The van der Waals surface area contributed by atoms with Crippen LogP contribution >= 0.6 is 11.8 Å². The summed E-state index contributed by atoms with van der Waals surface area (Å²) in [4.78, 5) is 0. The highest BCUT2D eigenvalue weighted by Crippen LogP contribution is 2.35. The van der Waals surface area contributed by atoms with E-state index in [2.05, 4.69) is 18.3 Å². The van der Waals surface area contributed by atoms with Crippen LogP contribution in [0.25, 0.3) is 0 Å². The minimum atomic E-state index is -0.263. The molecule has 3 atom stereocenters. The van der Waals surface area contributed by atoms with Gasteiger partial charge >= 0.3 is 0 Å². The first-order chi connectivity index (χ1) is 8.78. The van der Waals surface area contributed by atoms with E-state index in [1.54, 1.807) is 0 Å². The summed E-state index contributed by atoms with van der Waals surface area (Å²) >= 11 is 2.02. The number of thioether (sulfide) groups is 1. The Balaban J connectivity index is 1.80. The number of rotatable bonds is 5. The van der Waals surface area contributed by atoms with Gasteiger partial charge in [0, 0.05) is 17.6 Å². The molecule has 2 fully saturated rings. The van der Waals surface area contributed by atoms with Crippen LogP contribution in [0.1, 0.15) is 45.4 Å². The first-order valence-corrected chi connectivity index (χ1v) is 8.22. The standard InChI is InChI=1S/C14H24N2OS/c1-2-16-14(11-15)7-3-6-13(9-14)18-10-12-5-4-8-17-12/h12-13,16H,2-10H2,1H3. The average Bonchev–Trinajstić information content (AvgIpc) is 2.90. The lowest BCUT2D eigenvalue weighted by Crippen LogP contribution is -2.48. The van der Waals surface area contributed by atoms with Crippen LogP contribution in [0.2, 0.25) is 0 Å². The minimum Gasteiger partial charge on any atom is -0.377 e. The second-order valence-electron chi connectivity index (χ2n) is 5.41. The molecule has 1 aliphatic heterocycles. The molecule has 1 saturated carbocycles. The number of nitrogens with zero attached hydrogens (tertiary/aromatic N) is 1. The summed E-state index contributed by atoms with van der Waals surface area (Å²) in [6.07, 6.45) is 7.33. The van der Waals surface area contributed by atoms with Crippen molar-refractivity contribution in [3.63, 3.8) is 0 Å². The summed E-state index contributed by atoms with van der Waals surface area (Å²) in [7, 11) is 0. The summed E-state index contributed by atoms with van der Waals surface area (Å²) in [5.41, 5.74) is -0.263. The number of nitriles is 1. The van der Waals surface area contributed by atoms with Gasteiger partial charge in [-0.25, -0.2) is 0 Å². The van der Waals surface area contributed by atoms with Crippen molar-refractivity contribution >= 4 is 11.8 Å². The predicted molar refractivity (Wildman–Crippen MR) is 75.7 cm³/mol. The van der Waals surface area contributed by atoms with Crippen LogP contribution in [0.4, 0.5) is 0 Å². The fourth-order valence-electron chi connectivity index (χ4n) is 3.03. The third kappa shape index (κ3) is 3.63. The number of ether oxygens (including phenoxy) is 1. The van der Waals surface area contributed by atoms with Crippen LogP contribution < -0.4 is 5.32 Å². The van der Waals surface area contributed by atoms with Crippen molar-refractivity contribution in [2.24, 2.45) is 0 Å². The molecule has 0 aromatic carbocycles. The predicted octanol–water partition coefficient (Wildman–Crippen LogP) is 2.71. The van der Waals surface area contributed by atoms with Gasteiger partial charge in [-0.1, -0.05) is 6.92 Å². The Bertz CT molecular complexity index is 295. The lowest BCUT2D eigenvalue weighted by Gasteiger charge is -2.36. The molecule has 0 aromatic heterocycles. The molecule has 0 amide bonds. The van der Waals surface area contributed by atoms with E-state index in [1.165, 1.54) is 25.7 Å². The van der Waals surface area contributed by atoms with Crippen LogP contribution in [0.3, 0.4) is 0 Å². The van der Waals surface area contributed by atoms with Crippen molar-refractivity contribution in [1.82, 2.24) is 5.32 Å². The van der Waals surface area contributed by atoms with Gasteiger partial charge in [0.15, 0.2) is 0 Å². The van der Waals surface area contributed by atoms with E-state index in [9.17, 15) is 5.26 Å². The second-order valence-corrected chi connectivity index (χ2v) is 6.74. The highest BCUT2D eigenvalue weighted by molar-refractivity contribution is 7.99. The zero-order valence-electron chi connectivity index (χ0n) is 11.3. The summed E-state index contributed by atoms with van der Waals surface area (Å²) in [5, 5.41) is 13.5. The molecule has 18 heavy (non-hydrogen) atoms. The summed E-state index contributed by atoms with van der Waals surface area (Å²) in [5.74, 6) is 1.11. The molecular weight excluding hydrogens is 244 g/mol. The van der Waals surface area contributed by atoms with E-state index in [1.807, 2.05) is 11.8 Å².